The van der Waals surface area contributed by atoms with Gasteiger partial charge in [0, 0.05) is 0 Å². The molecule has 0 rings (SSSR count). The summed E-state index contributed by atoms with van der Waals surface area (Å²) in [5.41, 5.74) is 0. The van der Waals surface area contributed by atoms with Gasteiger partial charge in [0.05, 0.1) is 51.8 Å². The molecule has 0 aromatic carbocycles. The third-order valence-corrected chi connectivity index (χ3v) is 9.22. The van der Waals surface area contributed by atoms with Crippen LogP contribution >= 0.6 is 0 Å². The second-order valence-electron chi connectivity index (χ2n) is 13.7. The van der Waals surface area contributed by atoms with Crippen molar-refractivity contribution in [3.63, 3.8) is 0 Å². The summed E-state index contributed by atoms with van der Waals surface area (Å²) in [5, 5.41) is 18.4. The molecular formula is C40H82O5. The number of ether oxygens (including phenoxy) is 3. The highest BCUT2D eigenvalue weighted by molar-refractivity contribution is 4.66. The van der Waals surface area contributed by atoms with Gasteiger partial charge in [0.15, 0.2) is 0 Å². The predicted octanol–water partition coefficient (Wildman–Crippen LogP) is 11.5. The van der Waals surface area contributed by atoms with Crippen molar-refractivity contribution in [1.82, 2.24) is 0 Å². The van der Waals surface area contributed by atoms with Crippen LogP contribution in [-0.4, -0.2) is 62.1 Å². The molecule has 0 spiro atoms. The summed E-state index contributed by atoms with van der Waals surface area (Å²) in [5.74, 6) is 0. The van der Waals surface area contributed by atoms with Gasteiger partial charge < -0.3 is 24.4 Å². The summed E-state index contributed by atoms with van der Waals surface area (Å²) in [6, 6.07) is 0. The summed E-state index contributed by atoms with van der Waals surface area (Å²) < 4.78 is 18.0. The van der Waals surface area contributed by atoms with E-state index >= 15 is 0 Å². The van der Waals surface area contributed by atoms with Gasteiger partial charge in [0.25, 0.3) is 0 Å². The van der Waals surface area contributed by atoms with Crippen LogP contribution in [0.15, 0.2) is 0 Å². The van der Waals surface area contributed by atoms with E-state index in [1.807, 2.05) is 0 Å². The van der Waals surface area contributed by atoms with Gasteiger partial charge in [-0.3, -0.25) is 0 Å². The fourth-order valence-corrected chi connectivity index (χ4v) is 6.35. The quantitative estimate of drug-likeness (QED) is 0.0651. The first-order valence-corrected chi connectivity index (χ1v) is 20.3. The summed E-state index contributed by atoms with van der Waals surface area (Å²) in [6.07, 6.45) is 40.3. The van der Waals surface area contributed by atoms with Crippen molar-refractivity contribution < 1.29 is 24.4 Å². The van der Waals surface area contributed by atoms with Gasteiger partial charge in [-0.1, -0.05) is 194 Å². The van der Waals surface area contributed by atoms with Crippen molar-refractivity contribution in [1.29, 1.82) is 0 Å². The molecule has 0 aromatic rings. The van der Waals surface area contributed by atoms with Crippen LogP contribution in [0.3, 0.4) is 0 Å². The lowest BCUT2D eigenvalue weighted by Gasteiger charge is -2.25. The molecule has 0 heterocycles. The minimum absolute atomic E-state index is 0.0447. The SMILES string of the molecule is CCCCCCCCCCCCCCCCC(COCCO)OC(CCCCCCCCCCCCCCCC)COCCO. The Balaban J connectivity index is 4.10. The molecule has 45 heavy (non-hydrogen) atoms. The molecule has 0 amide bonds. The van der Waals surface area contributed by atoms with Gasteiger partial charge in [-0.25, -0.2) is 0 Å². The minimum atomic E-state index is 0.0447. The van der Waals surface area contributed by atoms with Gasteiger partial charge >= 0.3 is 0 Å². The summed E-state index contributed by atoms with van der Waals surface area (Å²) in [7, 11) is 0. The van der Waals surface area contributed by atoms with Crippen LogP contribution in [0.4, 0.5) is 0 Å². The van der Waals surface area contributed by atoms with Crippen molar-refractivity contribution in [3.05, 3.63) is 0 Å². The van der Waals surface area contributed by atoms with Gasteiger partial charge in [-0.2, -0.15) is 0 Å². The number of rotatable bonds is 40. The highest BCUT2D eigenvalue weighted by atomic mass is 16.6. The zero-order chi connectivity index (χ0) is 32.7. The first-order valence-electron chi connectivity index (χ1n) is 20.3. The number of hydrogen-bond acceptors (Lipinski definition) is 5. The molecule has 2 N–H and O–H groups in total. The molecule has 272 valence electrons. The van der Waals surface area contributed by atoms with Crippen LogP contribution in [-0.2, 0) is 14.2 Å². The van der Waals surface area contributed by atoms with Gasteiger partial charge in [0.1, 0.15) is 0 Å². The Kier molecular flexibility index (Phi) is 39.8. The smallest absolute Gasteiger partial charge is 0.0813 e. The average Bonchev–Trinajstić information content (AvgIpc) is 3.04. The van der Waals surface area contributed by atoms with E-state index in [1.54, 1.807) is 0 Å². The molecular weight excluding hydrogens is 560 g/mol. The topological polar surface area (TPSA) is 68.2 Å². The molecule has 0 saturated carbocycles. The van der Waals surface area contributed by atoms with Gasteiger partial charge in [-0.05, 0) is 12.8 Å². The Labute approximate surface area is 282 Å². The van der Waals surface area contributed by atoms with Crippen LogP contribution in [0.5, 0.6) is 0 Å². The number of hydrogen-bond donors (Lipinski definition) is 2. The zero-order valence-electron chi connectivity index (χ0n) is 30.7. The maximum atomic E-state index is 9.20. The maximum absolute atomic E-state index is 9.20. The second-order valence-corrected chi connectivity index (χ2v) is 13.7. The van der Waals surface area contributed by atoms with Crippen LogP contribution in [0.1, 0.15) is 206 Å². The van der Waals surface area contributed by atoms with Crippen molar-refractivity contribution in [2.75, 3.05) is 39.6 Å². The second kappa shape index (κ2) is 40.0. The molecule has 0 aliphatic rings. The van der Waals surface area contributed by atoms with Crippen molar-refractivity contribution in [2.45, 2.75) is 219 Å². The molecule has 0 saturated heterocycles. The Bertz CT molecular complexity index is 473. The Morgan fingerprint density at radius 1 is 0.356 bits per heavy atom. The standard InChI is InChI=1S/C40H82O5/c1-3-5-7-9-11-13-15-17-19-21-23-25-27-29-31-39(37-43-35-33-41)45-40(38-44-36-34-42)32-30-28-26-24-22-20-18-16-14-12-10-8-6-4-2/h39-42H,3-38H2,1-2H3. The van der Waals surface area contributed by atoms with E-state index < -0.39 is 0 Å². The highest BCUT2D eigenvalue weighted by Crippen LogP contribution is 2.18. The van der Waals surface area contributed by atoms with Crippen LogP contribution in [0.2, 0.25) is 0 Å². The monoisotopic (exact) mass is 643 g/mol. The Morgan fingerprint density at radius 3 is 0.844 bits per heavy atom. The fraction of sp³-hybridized carbons (Fsp3) is 1.00. The summed E-state index contributed by atoms with van der Waals surface area (Å²) in [6.45, 7) is 6.47. The van der Waals surface area contributed by atoms with Crippen molar-refractivity contribution >= 4 is 0 Å². The van der Waals surface area contributed by atoms with E-state index in [4.69, 9.17) is 14.2 Å². The highest BCUT2D eigenvalue weighted by Gasteiger charge is 2.17. The molecule has 0 aromatic heterocycles. The number of aliphatic hydroxyl groups excluding tert-OH is 2. The minimum Gasteiger partial charge on any atom is -0.394 e. The third-order valence-electron chi connectivity index (χ3n) is 9.22. The van der Waals surface area contributed by atoms with Gasteiger partial charge in [0.2, 0.25) is 0 Å². The van der Waals surface area contributed by atoms with Crippen LogP contribution < -0.4 is 0 Å². The molecule has 0 aliphatic heterocycles. The first kappa shape index (κ1) is 44.8. The fourth-order valence-electron chi connectivity index (χ4n) is 6.35. The van der Waals surface area contributed by atoms with E-state index in [0.717, 1.165) is 25.7 Å². The van der Waals surface area contributed by atoms with E-state index in [2.05, 4.69) is 13.8 Å². The molecule has 0 fully saturated rings. The lowest BCUT2D eigenvalue weighted by Crippen LogP contribution is -2.30. The largest absolute Gasteiger partial charge is 0.394 e. The molecule has 0 aliphatic carbocycles. The third kappa shape index (κ3) is 36.5. The lowest BCUT2D eigenvalue weighted by atomic mass is 10.0. The normalized spacial score (nSPS) is 13.1. The van der Waals surface area contributed by atoms with E-state index in [9.17, 15) is 10.2 Å². The molecule has 5 nitrogen and oxygen atoms in total. The maximum Gasteiger partial charge on any atom is 0.0813 e. The molecule has 5 heteroatoms. The van der Waals surface area contributed by atoms with Gasteiger partial charge in [-0.15, -0.1) is 0 Å². The molecule has 2 atom stereocenters. The van der Waals surface area contributed by atoms with Crippen LogP contribution in [0, 0.1) is 0 Å². The first-order chi connectivity index (χ1) is 22.3. The van der Waals surface area contributed by atoms with E-state index in [0.29, 0.717) is 26.4 Å². The predicted molar refractivity (Wildman–Crippen MR) is 194 cm³/mol. The van der Waals surface area contributed by atoms with Crippen molar-refractivity contribution in [2.24, 2.45) is 0 Å². The summed E-state index contributed by atoms with van der Waals surface area (Å²) >= 11 is 0. The zero-order valence-corrected chi connectivity index (χ0v) is 30.7. The molecule has 0 radical (unpaired) electrons. The molecule has 0 bridgehead atoms. The number of unbranched alkanes of at least 4 members (excludes halogenated alkanes) is 26. The summed E-state index contributed by atoms with van der Waals surface area (Å²) in [4.78, 5) is 0. The lowest BCUT2D eigenvalue weighted by molar-refractivity contribution is -0.0954. The van der Waals surface area contributed by atoms with E-state index in [-0.39, 0.29) is 25.4 Å². The van der Waals surface area contributed by atoms with Crippen LogP contribution in [0.25, 0.3) is 0 Å². The average molecular weight is 643 g/mol. The Morgan fingerprint density at radius 2 is 0.600 bits per heavy atom. The number of aliphatic hydroxyl groups is 2. The Hall–Kier alpha value is -0.200. The molecule has 2 unspecified atom stereocenters. The van der Waals surface area contributed by atoms with E-state index in [1.165, 1.54) is 167 Å². The van der Waals surface area contributed by atoms with Crippen molar-refractivity contribution in [3.8, 4) is 0 Å².